The van der Waals surface area contributed by atoms with Gasteiger partial charge < -0.3 is 9.80 Å². The minimum atomic E-state index is -0.816. The zero-order chi connectivity index (χ0) is 22.4. The van der Waals surface area contributed by atoms with Crippen molar-refractivity contribution in [2.45, 2.75) is 25.1 Å². The number of alkyl halides is 1. The zero-order valence-corrected chi connectivity index (χ0v) is 17.9. The summed E-state index contributed by atoms with van der Waals surface area (Å²) in [6, 6.07) is 7.59. The molecule has 9 nitrogen and oxygen atoms in total. The number of aromatic nitrogens is 4. The van der Waals surface area contributed by atoms with Crippen LogP contribution in [0.5, 0.6) is 0 Å². The largest absolute Gasteiger partial charge is 0.366 e. The maximum absolute atomic E-state index is 13.7. The van der Waals surface area contributed by atoms with E-state index in [4.69, 9.17) is 4.98 Å². The van der Waals surface area contributed by atoms with Crippen molar-refractivity contribution in [3.8, 4) is 11.3 Å². The Kier molecular flexibility index (Phi) is 4.78. The van der Waals surface area contributed by atoms with Gasteiger partial charge >= 0.3 is 6.03 Å². The van der Waals surface area contributed by atoms with Crippen LogP contribution in [0, 0.1) is 0 Å². The van der Waals surface area contributed by atoms with Gasteiger partial charge in [-0.3, -0.25) is 15.2 Å². The van der Waals surface area contributed by atoms with E-state index in [-0.39, 0.29) is 12.1 Å². The molecule has 2 bridgehead atoms. The lowest BCUT2D eigenvalue weighted by atomic mass is 10.1. The Balaban J connectivity index is 1.34. The molecule has 6 rings (SSSR count). The van der Waals surface area contributed by atoms with Crippen LogP contribution in [0.25, 0.3) is 11.3 Å². The van der Waals surface area contributed by atoms with Gasteiger partial charge in [0, 0.05) is 43.8 Å². The molecule has 10 heteroatoms. The van der Waals surface area contributed by atoms with E-state index >= 15 is 0 Å². The van der Waals surface area contributed by atoms with Gasteiger partial charge in [0.2, 0.25) is 0 Å². The Hall–Kier alpha value is -3.82. The second kappa shape index (κ2) is 7.95. The molecule has 2 saturated heterocycles. The molecule has 0 aromatic carbocycles. The second-order valence-corrected chi connectivity index (χ2v) is 8.55. The molecular formula is C23H23FN8O. The average Bonchev–Trinajstić information content (AvgIpc) is 3.47. The van der Waals surface area contributed by atoms with Gasteiger partial charge in [-0.1, -0.05) is 0 Å². The first-order valence-electron chi connectivity index (χ1n) is 11.1. The maximum Gasteiger partial charge on any atom is 0.329 e. The Labute approximate surface area is 190 Å². The summed E-state index contributed by atoms with van der Waals surface area (Å²) in [5.41, 5.74) is 2.57. The number of hydrogen-bond acceptors (Lipinski definition) is 7. The summed E-state index contributed by atoms with van der Waals surface area (Å²) in [5.74, 6) is 1.77. The van der Waals surface area contributed by atoms with E-state index in [1.165, 1.54) is 6.20 Å². The second-order valence-electron chi connectivity index (χ2n) is 8.55. The molecule has 1 N–H and O–H groups in total. The summed E-state index contributed by atoms with van der Waals surface area (Å²) in [5, 5.41) is 2.85. The van der Waals surface area contributed by atoms with Crippen molar-refractivity contribution in [3.63, 3.8) is 0 Å². The number of anilines is 4. The summed E-state index contributed by atoms with van der Waals surface area (Å²) >= 11 is 0. The van der Waals surface area contributed by atoms with Gasteiger partial charge in [-0.2, -0.15) is 0 Å². The lowest BCUT2D eigenvalue weighted by Gasteiger charge is -2.35. The van der Waals surface area contributed by atoms with E-state index in [0.29, 0.717) is 31.1 Å². The van der Waals surface area contributed by atoms with Gasteiger partial charge in [-0.15, -0.1) is 0 Å². The highest BCUT2D eigenvalue weighted by Gasteiger charge is 2.40. The number of carbonyl (C=O) groups excluding carboxylic acids is 1. The van der Waals surface area contributed by atoms with E-state index in [2.05, 4.69) is 25.2 Å². The monoisotopic (exact) mass is 446 g/mol. The molecule has 3 aromatic rings. The molecule has 0 aliphatic carbocycles. The third-order valence-electron chi connectivity index (χ3n) is 6.46. The molecule has 3 aliphatic heterocycles. The number of nitrogens with zero attached hydrogens (tertiary/aromatic N) is 7. The summed E-state index contributed by atoms with van der Waals surface area (Å²) in [6.45, 7) is 2.68. The van der Waals surface area contributed by atoms with Gasteiger partial charge in [-0.05, 0) is 37.1 Å². The number of halogens is 1. The number of rotatable bonds is 3. The highest BCUT2D eigenvalue weighted by molar-refractivity contribution is 6.04. The van der Waals surface area contributed by atoms with Crippen LogP contribution in [0.1, 0.15) is 12.8 Å². The molecule has 2 fully saturated rings. The molecule has 2 amide bonds. The fraction of sp³-hybridized carbons (Fsp3) is 0.348. The fourth-order valence-corrected chi connectivity index (χ4v) is 4.84. The van der Waals surface area contributed by atoms with Crippen molar-refractivity contribution < 1.29 is 9.18 Å². The van der Waals surface area contributed by atoms with E-state index < -0.39 is 6.17 Å². The smallest absolute Gasteiger partial charge is 0.329 e. The highest BCUT2D eigenvalue weighted by Crippen LogP contribution is 2.40. The van der Waals surface area contributed by atoms with Crippen LogP contribution in [-0.4, -0.2) is 64.4 Å². The van der Waals surface area contributed by atoms with Gasteiger partial charge in [-0.25, -0.2) is 24.1 Å². The summed E-state index contributed by atoms with van der Waals surface area (Å²) in [7, 11) is 0. The van der Waals surface area contributed by atoms with E-state index in [0.717, 1.165) is 42.3 Å². The summed E-state index contributed by atoms with van der Waals surface area (Å²) in [4.78, 5) is 36.8. The van der Waals surface area contributed by atoms with Crippen molar-refractivity contribution in [3.05, 3.63) is 49.1 Å². The Morgan fingerprint density at radius 2 is 1.94 bits per heavy atom. The third kappa shape index (κ3) is 3.61. The number of pyridine rings is 2. The van der Waals surface area contributed by atoms with Crippen LogP contribution in [0.4, 0.5) is 32.3 Å². The topological polar surface area (TPSA) is 90.4 Å². The quantitative estimate of drug-likeness (QED) is 0.661. The minimum absolute atomic E-state index is 0.0380. The Bertz CT molecular complexity index is 1190. The minimum Gasteiger partial charge on any atom is -0.366 e. The zero-order valence-electron chi connectivity index (χ0n) is 17.9. The molecule has 0 spiro atoms. The molecule has 33 heavy (non-hydrogen) atoms. The fourth-order valence-electron chi connectivity index (χ4n) is 4.84. The predicted octanol–water partition coefficient (Wildman–Crippen LogP) is 3.11. The van der Waals surface area contributed by atoms with E-state index in [1.807, 2.05) is 29.2 Å². The molecule has 0 radical (unpaired) electrons. The maximum atomic E-state index is 13.7. The van der Waals surface area contributed by atoms with Crippen LogP contribution < -0.4 is 20.0 Å². The lowest BCUT2D eigenvalue weighted by molar-refractivity contribution is 0.254. The number of nitrogens with one attached hydrogen (secondary N) is 1. The Morgan fingerprint density at radius 3 is 2.76 bits per heavy atom. The van der Waals surface area contributed by atoms with Gasteiger partial charge in [0.25, 0.3) is 0 Å². The van der Waals surface area contributed by atoms with E-state index in [9.17, 15) is 9.18 Å². The molecule has 168 valence electrons. The number of fused-ring (bicyclic) bond motifs is 4. The van der Waals surface area contributed by atoms with Gasteiger partial charge in [0.15, 0.2) is 11.6 Å². The first-order chi connectivity index (χ1) is 16.2. The number of amides is 2. The van der Waals surface area contributed by atoms with Crippen molar-refractivity contribution in [1.29, 1.82) is 0 Å². The number of hydrogen-bond donors (Lipinski definition) is 1. The summed E-state index contributed by atoms with van der Waals surface area (Å²) in [6.07, 6.45) is 6.93. The lowest BCUT2D eigenvalue weighted by Crippen LogP contribution is -2.48. The molecule has 6 heterocycles. The first kappa shape index (κ1) is 19.8. The van der Waals surface area contributed by atoms with Gasteiger partial charge in [0.1, 0.15) is 12.0 Å². The molecular weight excluding hydrogens is 423 g/mol. The third-order valence-corrected chi connectivity index (χ3v) is 6.46. The van der Waals surface area contributed by atoms with E-state index in [1.54, 1.807) is 23.5 Å². The SMILES string of the molecule is O=C(Nc1cnccn1)N1c2nc(-c3ccnc(N4CC[C@H](F)C4)c3)ccc2N2CC[C@H]1C2. The Morgan fingerprint density at radius 1 is 1.03 bits per heavy atom. The summed E-state index contributed by atoms with van der Waals surface area (Å²) < 4.78 is 13.7. The van der Waals surface area contributed by atoms with Crippen LogP contribution in [0.15, 0.2) is 49.1 Å². The molecule has 0 unspecified atom stereocenters. The van der Waals surface area contributed by atoms with Crippen molar-refractivity contribution in [2.24, 2.45) is 0 Å². The van der Waals surface area contributed by atoms with Crippen molar-refractivity contribution >= 4 is 29.2 Å². The van der Waals surface area contributed by atoms with Crippen LogP contribution in [0.2, 0.25) is 0 Å². The number of carbonyl (C=O) groups is 1. The molecule has 3 aliphatic rings. The highest BCUT2D eigenvalue weighted by atomic mass is 19.1. The molecule has 0 saturated carbocycles. The molecule has 3 aromatic heterocycles. The van der Waals surface area contributed by atoms with Crippen molar-refractivity contribution in [2.75, 3.05) is 46.2 Å². The first-order valence-corrected chi connectivity index (χ1v) is 11.1. The van der Waals surface area contributed by atoms with Gasteiger partial charge in [0.05, 0.1) is 30.2 Å². The van der Waals surface area contributed by atoms with Crippen LogP contribution in [0.3, 0.4) is 0 Å². The van der Waals surface area contributed by atoms with Crippen LogP contribution in [-0.2, 0) is 0 Å². The average molecular weight is 446 g/mol. The number of urea groups is 1. The molecule has 2 atom stereocenters. The normalized spacial score (nSPS) is 21.3. The standard InChI is InChI=1S/C23H23FN8O/c24-16-4-9-31(13-16)21-11-15(3-6-27-21)18-1-2-19-22(28-18)32(17-5-10-30(19)14-17)23(33)29-20-12-25-7-8-26-20/h1-3,6-8,11-12,16-17H,4-5,9-10,13-14H2,(H,26,29,33)/t16-,17-/m0/s1. The predicted molar refractivity (Wildman–Crippen MR) is 123 cm³/mol. The van der Waals surface area contributed by atoms with Crippen LogP contribution >= 0.6 is 0 Å². The van der Waals surface area contributed by atoms with Crippen molar-refractivity contribution in [1.82, 2.24) is 19.9 Å².